The average molecular weight is 272 g/mol. The Morgan fingerprint density at radius 1 is 1.25 bits per heavy atom. The van der Waals surface area contributed by atoms with E-state index in [0.29, 0.717) is 5.92 Å². The molecule has 1 atom stereocenters. The first kappa shape index (κ1) is 13.2. The van der Waals surface area contributed by atoms with Gasteiger partial charge in [-0.2, -0.15) is 0 Å². The third kappa shape index (κ3) is 2.69. The van der Waals surface area contributed by atoms with Crippen LogP contribution in [0.25, 0.3) is 10.9 Å². The third-order valence-corrected chi connectivity index (χ3v) is 4.51. The highest BCUT2D eigenvalue weighted by atomic mass is 16.6. The topological polar surface area (TPSA) is 58.9 Å². The van der Waals surface area contributed by atoms with Gasteiger partial charge in [-0.3, -0.25) is 10.1 Å². The largest absolute Gasteiger partial charge is 0.358 e. The van der Waals surface area contributed by atoms with Gasteiger partial charge in [0.1, 0.15) is 0 Å². The summed E-state index contributed by atoms with van der Waals surface area (Å²) in [5.41, 5.74) is 2.11. The van der Waals surface area contributed by atoms with E-state index < -0.39 is 0 Å². The molecular formula is C16H20N2O2. The van der Waals surface area contributed by atoms with E-state index in [0.717, 1.165) is 29.4 Å². The summed E-state index contributed by atoms with van der Waals surface area (Å²) in [6, 6.07) is 10.2. The minimum Gasteiger partial charge on any atom is -0.358 e. The normalized spacial score (nSPS) is 18.2. The van der Waals surface area contributed by atoms with Crippen molar-refractivity contribution in [1.29, 1.82) is 0 Å². The summed E-state index contributed by atoms with van der Waals surface area (Å²) in [5.74, 6) is 0.472. The maximum Gasteiger partial charge on any atom is 0.212 e. The number of rotatable bonds is 4. The summed E-state index contributed by atoms with van der Waals surface area (Å²) in [6.45, 7) is 0.0392. The van der Waals surface area contributed by atoms with Crippen molar-refractivity contribution in [1.82, 2.24) is 4.98 Å². The number of nitrogens with zero attached hydrogens (tertiary/aromatic N) is 1. The molecule has 1 aliphatic rings. The van der Waals surface area contributed by atoms with Crippen LogP contribution in [0.5, 0.6) is 0 Å². The van der Waals surface area contributed by atoms with Crippen molar-refractivity contribution in [3.8, 4) is 0 Å². The van der Waals surface area contributed by atoms with Gasteiger partial charge in [0.15, 0.2) is 0 Å². The molecule has 20 heavy (non-hydrogen) atoms. The molecule has 1 aliphatic carbocycles. The average Bonchev–Trinajstić information content (AvgIpc) is 2.89. The molecule has 1 heterocycles. The minimum atomic E-state index is -0.162. The summed E-state index contributed by atoms with van der Waals surface area (Å²) >= 11 is 0. The summed E-state index contributed by atoms with van der Waals surface area (Å²) in [6.07, 6.45) is 5.92. The molecule has 0 spiro atoms. The fourth-order valence-corrected chi connectivity index (χ4v) is 3.49. The van der Waals surface area contributed by atoms with Crippen LogP contribution in [-0.2, 0) is 0 Å². The van der Waals surface area contributed by atoms with E-state index in [-0.39, 0.29) is 17.4 Å². The number of hydrogen-bond donors (Lipinski definition) is 1. The van der Waals surface area contributed by atoms with Gasteiger partial charge >= 0.3 is 0 Å². The first-order valence-corrected chi connectivity index (χ1v) is 7.43. The molecule has 4 nitrogen and oxygen atoms in total. The summed E-state index contributed by atoms with van der Waals surface area (Å²) in [7, 11) is 0. The second-order valence-corrected chi connectivity index (χ2v) is 5.83. The van der Waals surface area contributed by atoms with E-state index >= 15 is 0 Å². The number of hydrogen-bond acceptors (Lipinski definition) is 2. The van der Waals surface area contributed by atoms with Crippen molar-refractivity contribution in [2.45, 2.75) is 38.0 Å². The first-order chi connectivity index (χ1) is 9.74. The van der Waals surface area contributed by atoms with Crippen LogP contribution in [0.4, 0.5) is 0 Å². The quantitative estimate of drug-likeness (QED) is 0.672. The lowest BCUT2D eigenvalue weighted by atomic mass is 9.78. The fourth-order valence-electron chi connectivity index (χ4n) is 3.49. The maximum absolute atomic E-state index is 11.0. The van der Waals surface area contributed by atoms with Gasteiger partial charge in [-0.25, -0.2) is 0 Å². The lowest BCUT2D eigenvalue weighted by molar-refractivity contribution is -0.485. The van der Waals surface area contributed by atoms with Crippen molar-refractivity contribution in [3.05, 3.63) is 46.1 Å². The highest BCUT2D eigenvalue weighted by Crippen LogP contribution is 2.36. The maximum atomic E-state index is 11.0. The number of benzene rings is 1. The highest BCUT2D eigenvalue weighted by molar-refractivity contribution is 5.80. The zero-order chi connectivity index (χ0) is 13.9. The van der Waals surface area contributed by atoms with Gasteiger partial charge in [-0.15, -0.1) is 0 Å². The van der Waals surface area contributed by atoms with Crippen LogP contribution >= 0.6 is 0 Å². The van der Waals surface area contributed by atoms with E-state index in [1.54, 1.807) is 0 Å². The van der Waals surface area contributed by atoms with Crippen molar-refractivity contribution in [2.24, 2.45) is 5.92 Å². The van der Waals surface area contributed by atoms with Gasteiger partial charge in [-0.1, -0.05) is 37.5 Å². The molecule has 4 heteroatoms. The van der Waals surface area contributed by atoms with Gasteiger partial charge in [0.05, 0.1) is 5.92 Å². The monoisotopic (exact) mass is 272 g/mol. The van der Waals surface area contributed by atoms with Crippen LogP contribution in [0.3, 0.4) is 0 Å². The molecule has 2 aromatic rings. The number of H-pyrrole nitrogens is 1. The molecular weight excluding hydrogens is 252 g/mol. The summed E-state index contributed by atoms with van der Waals surface area (Å²) < 4.78 is 0. The molecule has 0 saturated heterocycles. The molecule has 0 bridgehead atoms. The van der Waals surface area contributed by atoms with E-state index in [2.05, 4.69) is 17.1 Å². The Hall–Kier alpha value is -1.84. The standard InChI is InChI=1S/C16H20N2O2/c19-18(20)11-14(12-6-2-1-3-7-12)16-10-13-8-4-5-9-15(13)17-16/h4-5,8-10,12,14,17H,1-3,6-7,11H2. The molecule has 106 valence electrons. The van der Waals surface area contributed by atoms with Crippen LogP contribution < -0.4 is 0 Å². The molecule has 3 rings (SSSR count). The molecule has 1 aromatic carbocycles. The predicted molar refractivity (Wildman–Crippen MR) is 79.5 cm³/mol. The summed E-state index contributed by atoms with van der Waals surface area (Å²) in [4.78, 5) is 14.3. The number of nitrogens with one attached hydrogen (secondary N) is 1. The van der Waals surface area contributed by atoms with Crippen molar-refractivity contribution < 1.29 is 4.92 Å². The number of para-hydroxylation sites is 1. The lowest BCUT2D eigenvalue weighted by Crippen LogP contribution is -2.23. The van der Waals surface area contributed by atoms with Crippen LogP contribution in [0.1, 0.15) is 43.7 Å². The Morgan fingerprint density at radius 2 is 2.00 bits per heavy atom. The fraction of sp³-hybridized carbons (Fsp3) is 0.500. The van der Waals surface area contributed by atoms with E-state index in [9.17, 15) is 10.1 Å². The molecule has 1 saturated carbocycles. The Balaban J connectivity index is 1.92. The number of fused-ring (bicyclic) bond motifs is 1. The van der Waals surface area contributed by atoms with Crippen LogP contribution in [-0.4, -0.2) is 16.5 Å². The van der Waals surface area contributed by atoms with Crippen molar-refractivity contribution in [2.75, 3.05) is 6.54 Å². The Kier molecular flexibility index (Phi) is 3.72. The van der Waals surface area contributed by atoms with E-state index in [4.69, 9.17) is 0 Å². The second-order valence-electron chi connectivity index (χ2n) is 5.83. The molecule has 1 unspecified atom stereocenters. The number of nitro groups is 1. The molecule has 1 aromatic heterocycles. The molecule has 1 N–H and O–H groups in total. The SMILES string of the molecule is O=[N+]([O-])CC(c1cc2ccccc2[nH]1)C1CCCCC1. The molecule has 0 amide bonds. The zero-order valence-electron chi connectivity index (χ0n) is 11.5. The highest BCUT2D eigenvalue weighted by Gasteiger charge is 2.30. The third-order valence-electron chi connectivity index (χ3n) is 4.51. The predicted octanol–water partition coefficient (Wildman–Crippen LogP) is 4.11. The zero-order valence-corrected chi connectivity index (χ0v) is 11.5. The van der Waals surface area contributed by atoms with Crippen LogP contribution in [0.2, 0.25) is 0 Å². The van der Waals surface area contributed by atoms with Gasteiger partial charge < -0.3 is 4.98 Å². The van der Waals surface area contributed by atoms with Gasteiger partial charge in [0, 0.05) is 16.1 Å². The Labute approximate surface area is 118 Å². The molecule has 0 aliphatic heterocycles. The van der Waals surface area contributed by atoms with Crippen LogP contribution in [0.15, 0.2) is 30.3 Å². The van der Waals surface area contributed by atoms with E-state index in [1.807, 2.05) is 18.2 Å². The number of aromatic nitrogens is 1. The Morgan fingerprint density at radius 3 is 2.70 bits per heavy atom. The van der Waals surface area contributed by atoms with Gasteiger partial charge in [0.2, 0.25) is 6.54 Å². The van der Waals surface area contributed by atoms with Crippen molar-refractivity contribution >= 4 is 10.9 Å². The van der Waals surface area contributed by atoms with E-state index in [1.165, 1.54) is 19.3 Å². The first-order valence-electron chi connectivity index (χ1n) is 7.43. The minimum absolute atomic E-state index is 0.0256. The van der Waals surface area contributed by atoms with Crippen molar-refractivity contribution in [3.63, 3.8) is 0 Å². The Bertz CT molecular complexity index is 566. The molecule has 0 radical (unpaired) electrons. The molecule has 1 fully saturated rings. The summed E-state index contributed by atoms with van der Waals surface area (Å²) in [5, 5.41) is 12.2. The second kappa shape index (κ2) is 5.65. The van der Waals surface area contributed by atoms with Gasteiger partial charge in [-0.05, 0) is 36.3 Å². The number of aromatic amines is 1. The van der Waals surface area contributed by atoms with Crippen LogP contribution in [0, 0.1) is 16.0 Å². The lowest BCUT2D eigenvalue weighted by Gasteiger charge is -2.27. The smallest absolute Gasteiger partial charge is 0.212 e. The van der Waals surface area contributed by atoms with Gasteiger partial charge in [0.25, 0.3) is 0 Å².